The van der Waals surface area contributed by atoms with E-state index < -0.39 is 0 Å². The third-order valence-corrected chi connectivity index (χ3v) is 4.91. The molecule has 5 heteroatoms. The Kier molecular flexibility index (Phi) is 4.29. The molecule has 0 spiro atoms. The number of amides is 1. The molecular weight excluding hydrogens is 324 g/mol. The van der Waals surface area contributed by atoms with E-state index in [-0.39, 0.29) is 11.9 Å². The second kappa shape index (κ2) is 6.75. The maximum Gasteiger partial charge on any atom is 0.254 e. The Morgan fingerprint density at radius 2 is 1.92 bits per heavy atom. The van der Waals surface area contributed by atoms with E-state index in [4.69, 9.17) is 0 Å². The molecule has 26 heavy (non-hydrogen) atoms. The Bertz CT molecular complexity index is 915. The lowest BCUT2D eigenvalue weighted by molar-refractivity contribution is 0.0733. The van der Waals surface area contributed by atoms with E-state index in [0.29, 0.717) is 5.56 Å². The highest BCUT2D eigenvalue weighted by Crippen LogP contribution is 2.32. The minimum Gasteiger partial charge on any atom is -0.330 e. The van der Waals surface area contributed by atoms with E-state index in [1.807, 2.05) is 72.0 Å². The van der Waals surface area contributed by atoms with Crippen LogP contribution in [-0.2, 0) is 0 Å². The molecule has 0 radical (unpaired) electrons. The van der Waals surface area contributed by atoms with Crippen LogP contribution in [0.2, 0.25) is 0 Å². The van der Waals surface area contributed by atoms with E-state index in [0.717, 1.165) is 42.2 Å². The van der Waals surface area contributed by atoms with Gasteiger partial charge in [0, 0.05) is 24.0 Å². The van der Waals surface area contributed by atoms with Gasteiger partial charge < -0.3 is 4.90 Å². The maximum atomic E-state index is 13.0. The summed E-state index contributed by atoms with van der Waals surface area (Å²) in [4.78, 5) is 19.4. The zero-order chi connectivity index (χ0) is 18.1. The third kappa shape index (κ3) is 3.01. The van der Waals surface area contributed by atoms with Crippen molar-refractivity contribution in [3.63, 3.8) is 0 Å². The standard InChI is InChI=1S/C21H22N4O/c1-15-14-16(2)25(23-15)18-10-8-17(9-11-18)21(26)24-13-5-7-20(24)19-6-3-4-12-22-19/h3-4,6,8-12,14,20H,5,7,13H2,1-2H3/t20-/m1/s1. The van der Waals surface area contributed by atoms with Crippen molar-refractivity contribution >= 4 is 5.91 Å². The summed E-state index contributed by atoms with van der Waals surface area (Å²) >= 11 is 0. The summed E-state index contributed by atoms with van der Waals surface area (Å²) in [6.45, 7) is 4.78. The van der Waals surface area contributed by atoms with Crippen LogP contribution in [0.15, 0.2) is 54.7 Å². The predicted octanol–water partition coefficient (Wildman–Crippen LogP) is 3.86. The molecule has 3 heterocycles. The summed E-state index contributed by atoms with van der Waals surface area (Å²) < 4.78 is 1.90. The van der Waals surface area contributed by atoms with Gasteiger partial charge >= 0.3 is 0 Å². The maximum absolute atomic E-state index is 13.0. The minimum absolute atomic E-state index is 0.0677. The molecule has 1 amide bonds. The number of nitrogens with zero attached hydrogens (tertiary/aromatic N) is 4. The number of likely N-dealkylation sites (tertiary alicyclic amines) is 1. The lowest BCUT2D eigenvalue weighted by Crippen LogP contribution is -2.30. The van der Waals surface area contributed by atoms with E-state index in [9.17, 15) is 4.79 Å². The van der Waals surface area contributed by atoms with Gasteiger partial charge in [0.2, 0.25) is 0 Å². The molecule has 0 aliphatic carbocycles. The Morgan fingerprint density at radius 3 is 2.58 bits per heavy atom. The first-order valence-electron chi connectivity index (χ1n) is 8.99. The average Bonchev–Trinajstić information content (AvgIpc) is 3.28. The SMILES string of the molecule is Cc1cc(C)n(-c2ccc(C(=O)N3CCC[C@@H]3c3ccccn3)cc2)n1. The fourth-order valence-electron chi connectivity index (χ4n) is 3.69. The molecule has 2 aromatic heterocycles. The molecule has 132 valence electrons. The van der Waals surface area contributed by atoms with E-state index in [1.165, 1.54) is 0 Å². The van der Waals surface area contributed by atoms with Crippen LogP contribution < -0.4 is 0 Å². The largest absolute Gasteiger partial charge is 0.330 e. The van der Waals surface area contributed by atoms with Gasteiger partial charge in [-0.1, -0.05) is 6.07 Å². The number of carbonyl (C=O) groups is 1. The van der Waals surface area contributed by atoms with E-state index in [1.54, 1.807) is 6.20 Å². The van der Waals surface area contributed by atoms with Crippen molar-refractivity contribution in [3.8, 4) is 5.69 Å². The van der Waals surface area contributed by atoms with Crippen LogP contribution in [0.4, 0.5) is 0 Å². The van der Waals surface area contributed by atoms with Crippen LogP contribution >= 0.6 is 0 Å². The monoisotopic (exact) mass is 346 g/mol. The fourth-order valence-corrected chi connectivity index (χ4v) is 3.69. The normalized spacial score (nSPS) is 16.8. The van der Waals surface area contributed by atoms with Crippen molar-refractivity contribution in [2.75, 3.05) is 6.54 Å². The summed E-state index contributed by atoms with van der Waals surface area (Å²) in [5.41, 5.74) is 4.71. The Labute approximate surface area is 153 Å². The quantitative estimate of drug-likeness (QED) is 0.723. The van der Waals surface area contributed by atoms with Crippen LogP contribution in [0.25, 0.3) is 5.69 Å². The number of hydrogen-bond donors (Lipinski definition) is 0. The molecule has 4 rings (SSSR count). The molecule has 0 N–H and O–H groups in total. The van der Waals surface area contributed by atoms with Crippen molar-refractivity contribution in [2.45, 2.75) is 32.7 Å². The predicted molar refractivity (Wildman–Crippen MR) is 100 cm³/mol. The smallest absolute Gasteiger partial charge is 0.254 e. The Balaban J connectivity index is 1.57. The highest BCUT2D eigenvalue weighted by atomic mass is 16.2. The molecule has 1 atom stereocenters. The van der Waals surface area contributed by atoms with Gasteiger partial charge in [-0.2, -0.15) is 5.10 Å². The van der Waals surface area contributed by atoms with Crippen molar-refractivity contribution in [2.24, 2.45) is 0 Å². The van der Waals surface area contributed by atoms with Crippen LogP contribution in [-0.4, -0.2) is 32.1 Å². The molecule has 1 aliphatic heterocycles. The van der Waals surface area contributed by atoms with Gasteiger partial charge in [0.05, 0.1) is 23.1 Å². The molecule has 1 fully saturated rings. The number of aromatic nitrogens is 3. The van der Waals surface area contributed by atoms with E-state index >= 15 is 0 Å². The van der Waals surface area contributed by atoms with Crippen LogP contribution in [0.1, 0.15) is 46.3 Å². The molecule has 5 nitrogen and oxygen atoms in total. The Morgan fingerprint density at radius 1 is 1.12 bits per heavy atom. The minimum atomic E-state index is 0.0677. The summed E-state index contributed by atoms with van der Waals surface area (Å²) in [6.07, 6.45) is 3.77. The topological polar surface area (TPSA) is 51.0 Å². The first kappa shape index (κ1) is 16.5. The van der Waals surface area contributed by atoms with Crippen LogP contribution in [0.5, 0.6) is 0 Å². The molecule has 0 bridgehead atoms. The molecule has 3 aromatic rings. The number of carbonyl (C=O) groups excluding carboxylic acids is 1. The summed E-state index contributed by atoms with van der Waals surface area (Å²) in [7, 11) is 0. The average molecular weight is 346 g/mol. The third-order valence-electron chi connectivity index (χ3n) is 4.91. The van der Waals surface area contributed by atoms with Crippen molar-refractivity contribution < 1.29 is 4.79 Å². The van der Waals surface area contributed by atoms with Gasteiger partial charge in [-0.25, -0.2) is 4.68 Å². The summed E-state index contributed by atoms with van der Waals surface area (Å²) in [6, 6.07) is 15.7. The summed E-state index contributed by atoms with van der Waals surface area (Å²) in [5.74, 6) is 0.0677. The lowest BCUT2D eigenvalue weighted by Gasteiger charge is -2.24. The molecule has 1 aromatic carbocycles. The second-order valence-electron chi connectivity index (χ2n) is 6.80. The van der Waals surface area contributed by atoms with Crippen molar-refractivity contribution in [1.29, 1.82) is 0 Å². The van der Waals surface area contributed by atoms with Gasteiger partial charge in [-0.15, -0.1) is 0 Å². The number of hydrogen-bond acceptors (Lipinski definition) is 3. The first-order valence-corrected chi connectivity index (χ1v) is 8.99. The number of rotatable bonds is 3. The van der Waals surface area contributed by atoms with E-state index in [2.05, 4.69) is 10.1 Å². The van der Waals surface area contributed by atoms with Crippen molar-refractivity contribution in [3.05, 3.63) is 77.4 Å². The molecule has 1 aliphatic rings. The number of aryl methyl sites for hydroxylation is 2. The molecule has 1 saturated heterocycles. The zero-order valence-corrected chi connectivity index (χ0v) is 15.1. The first-order chi connectivity index (χ1) is 12.6. The van der Waals surface area contributed by atoms with Crippen molar-refractivity contribution in [1.82, 2.24) is 19.7 Å². The second-order valence-corrected chi connectivity index (χ2v) is 6.80. The van der Waals surface area contributed by atoms with Crippen LogP contribution in [0.3, 0.4) is 0 Å². The Hall–Kier alpha value is -2.95. The van der Waals surface area contributed by atoms with Gasteiger partial charge in [0.1, 0.15) is 0 Å². The van der Waals surface area contributed by atoms with Gasteiger partial charge in [0.25, 0.3) is 5.91 Å². The molecular formula is C21H22N4O. The summed E-state index contributed by atoms with van der Waals surface area (Å²) in [5, 5.41) is 4.50. The zero-order valence-electron chi connectivity index (χ0n) is 15.1. The van der Waals surface area contributed by atoms with Gasteiger partial charge in [0.15, 0.2) is 0 Å². The highest BCUT2D eigenvalue weighted by Gasteiger charge is 2.31. The number of benzene rings is 1. The molecule has 0 saturated carbocycles. The van der Waals surface area contributed by atoms with Gasteiger partial charge in [-0.05, 0) is 69.2 Å². The van der Waals surface area contributed by atoms with Gasteiger partial charge in [-0.3, -0.25) is 9.78 Å². The highest BCUT2D eigenvalue weighted by molar-refractivity contribution is 5.94. The fraction of sp³-hybridized carbons (Fsp3) is 0.286. The number of pyridine rings is 1. The van der Waals surface area contributed by atoms with Crippen LogP contribution in [0, 0.1) is 13.8 Å². The lowest BCUT2D eigenvalue weighted by atomic mass is 10.1. The molecule has 0 unspecified atom stereocenters.